The van der Waals surface area contributed by atoms with E-state index in [9.17, 15) is 22.2 Å². The van der Waals surface area contributed by atoms with Gasteiger partial charge in [0.25, 0.3) is 5.91 Å². The Bertz CT molecular complexity index is 762. The first-order valence-corrected chi connectivity index (χ1v) is 6.77. The molecule has 0 saturated heterocycles. The summed E-state index contributed by atoms with van der Waals surface area (Å²) in [6.45, 7) is 0. The number of aromatic nitrogens is 1. The van der Waals surface area contributed by atoms with Crippen molar-refractivity contribution >= 4 is 21.8 Å². The van der Waals surface area contributed by atoms with Crippen molar-refractivity contribution in [3.63, 3.8) is 0 Å². The van der Waals surface area contributed by atoms with E-state index in [1.165, 1.54) is 36.5 Å². The van der Waals surface area contributed by atoms with E-state index < -0.39 is 21.0 Å². The Balaban J connectivity index is 2.37. The van der Waals surface area contributed by atoms with E-state index in [4.69, 9.17) is 0 Å². The minimum Gasteiger partial charge on any atom is -0.505 e. The number of hydrogen-bond donors (Lipinski definition) is 2. The van der Waals surface area contributed by atoms with Gasteiger partial charge in [0.2, 0.25) is 0 Å². The molecule has 0 saturated carbocycles. The Morgan fingerprint density at radius 2 is 1.90 bits per heavy atom. The molecule has 1 heterocycles. The minimum atomic E-state index is -4.97. The Hall–Kier alpha value is -2.48. The van der Waals surface area contributed by atoms with Gasteiger partial charge < -0.3 is 10.4 Å². The number of halogens is 1. The van der Waals surface area contributed by atoms with Gasteiger partial charge in [-0.25, -0.2) is 4.98 Å². The molecule has 1 aromatic carbocycles. The van der Waals surface area contributed by atoms with Gasteiger partial charge >= 0.3 is 10.2 Å². The predicted octanol–water partition coefficient (Wildman–Crippen LogP) is 1.70. The van der Waals surface area contributed by atoms with Crippen LogP contribution in [0.15, 0.2) is 47.5 Å². The Morgan fingerprint density at radius 3 is 2.55 bits per heavy atom. The number of carbonyl (C=O) groups is 1. The van der Waals surface area contributed by atoms with Crippen LogP contribution >= 0.6 is 0 Å². The normalized spacial score (nSPS) is 11.1. The number of aromatic hydroxyl groups is 1. The van der Waals surface area contributed by atoms with Gasteiger partial charge in [0.05, 0.1) is 5.69 Å². The SMILES string of the molecule is O=C(Nc1ccccc1S(=O)(=O)F)c1ncccc1O. The maximum absolute atomic E-state index is 13.1. The lowest BCUT2D eigenvalue weighted by Gasteiger charge is -2.08. The van der Waals surface area contributed by atoms with Crippen LogP contribution < -0.4 is 5.32 Å². The zero-order valence-corrected chi connectivity index (χ0v) is 10.8. The molecule has 2 aromatic rings. The second-order valence-corrected chi connectivity index (χ2v) is 5.07. The molecule has 1 aromatic heterocycles. The zero-order valence-electron chi connectivity index (χ0n) is 9.95. The molecule has 0 bridgehead atoms. The van der Waals surface area contributed by atoms with Crippen molar-refractivity contribution in [1.82, 2.24) is 4.98 Å². The largest absolute Gasteiger partial charge is 0.505 e. The Morgan fingerprint density at radius 1 is 1.20 bits per heavy atom. The van der Waals surface area contributed by atoms with Gasteiger partial charge in [0.1, 0.15) is 10.6 Å². The summed E-state index contributed by atoms with van der Waals surface area (Å²) in [6, 6.07) is 7.67. The monoisotopic (exact) mass is 296 g/mol. The Labute approximate surface area is 114 Å². The van der Waals surface area contributed by atoms with Gasteiger partial charge in [0.15, 0.2) is 5.69 Å². The minimum absolute atomic E-state index is 0.231. The van der Waals surface area contributed by atoms with Crippen LogP contribution in [0.25, 0.3) is 0 Å². The molecule has 104 valence electrons. The van der Waals surface area contributed by atoms with Crippen LogP contribution in [0.3, 0.4) is 0 Å². The van der Waals surface area contributed by atoms with Crippen molar-refractivity contribution in [3.8, 4) is 5.75 Å². The second-order valence-electron chi connectivity index (χ2n) is 3.76. The highest BCUT2D eigenvalue weighted by molar-refractivity contribution is 7.86. The maximum Gasteiger partial charge on any atom is 0.334 e. The molecule has 0 radical (unpaired) electrons. The van der Waals surface area contributed by atoms with Crippen LogP contribution in [0.5, 0.6) is 5.75 Å². The van der Waals surface area contributed by atoms with E-state index >= 15 is 0 Å². The molecule has 2 rings (SSSR count). The third-order valence-corrected chi connectivity index (χ3v) is 3.28. The van der Waals surface area contributed by atoms with Crippen molar-refractivity contribution in [1.29, 1.82) is 0 Å². The molecule has 0 atom stereocenters. The average molecular weight is 296 g/mol. The van der Waals surface area contributed by atoms with E-state index in [2.05, 4.69) is 10.3 Å². The van der Waals surface area contributed by atoms with Crippen LogP contribution in [0.1, 0.15) is 10.5 Å². The highest BCUT2D eigenvalue weighted by Gasteiger charge is 2.20. The van der Waals surface area contributed by atoms with Crippen LogP contribution in [0.4, 0.5) is 9.57 Å². The molecular weight excluding hydrogens is 287 g/mol. The number of para-hydroxylation sites is 1. The quantitative estimate of drug-likeness (QED) is 0.840. The van der Waals surface area contributed by atoms with Gasteiger partial charge in [0, 0.05) is 6.20 Å². The molecule has 6 nitrogen and oxygen atoms in total. The van der Waals surface area contributed by atoms with Crippen molar-refractivity contribution < 1.29 is 22.2 Å². The highest BCUT2D eigenvalue weighted by atomic mass is 32.3. The third-order valence-electron chi connectivity index (χ3n) is 2.40. The smallest absolute Gasteiger partial charge is 0.334 e. The lowest BCUT2D eigenvalue weighted by Crippen LogP contribution is -2.15. The van der Waals surface area contributed by atoms with E-state index in [1.54, 1.807) is 0 Å². The van der Waals surface area contributed by atoms with Crippen molar-refractivity contribution in [2.24, 2.45) is 0 Å². The summed E-state index contributed by atoms with van der Waals surface area (Å²) in [5.41, 5.74) is -0.524. The number of pyridine rings is 1. The zero-order chi connectivity index (χ0) is 14.8. The molecule has 2 N–H and O–H groups in total. The third kappa shape index (κ3) is 2.91. The summed E-state index contributed by atoms with van der Waals surface area (Å²) in [7, 11) is -4.97. The summed E-state index contributed by atoms with van der Waals surface area (Å²) in [4.78, 5) is 14.9. The van der Waals surface area contributed by atoms with E-state index in [0.717, 1.165) is 6.07 Å². The van der Waals surface area contributed by atoms with Gasteiger partial charge in [-0.15, -0.1) is 3.89 Å². The van der Waals surface area contributed by atoms with E-state index in [-0.39, 0.29) is 17.1 Å². The lowest BCUT2D eigenvalue weighted by atomic mass is 10.2. The second kappa shape index (κ2) is 5.25. The average Bonchev–Trinajstić information content (AvgIpc) is 2.38. The van der Waals surface area contributed by atoms with Crippen molar-refractivity contribution in [3.05, 3.63) is 48.3 Å². The highest BCUT2D eigenvalue weighted by Crippen LogP contribution is 2.24. The molecule has 0 aliphatic heterocycles. The van der Waals surface area contributed by atoms with Crippen LogP contribution in [0, 0.1) is 0 Å². The number of nitrogens with one attached hydrogen (secondary N) is 1. The lowest BCUT2D eigenvalue weighted by molar-refractivity contribution is 0.101. The van der Waals surface area contributed by atoms with Crippen molar-refractivity contribution in [2.75, 3.05) is 5.32 Å². The Kier molecular flexibility index (Phi) is 3.66. The maximum atomic E-state index is 13.1. The summed E-state index contributed by atoms with van der Waals surface area (Å²) in [5.74, 6) is -1.22. The number of anilines is 1. The number of amides is 1. The molecule has 0 spiro atoms. The number of nitrogens with zero attached hydrogens (tertiary/aromatic N) is 1. The molecule has 0 aliphatic rings. The molecule has 0 unspecified atom stereocenters. The summed E-state index contributed by atoms with van der Waals surface area (Å²) in [6.07, 6.45) is 1.28. The predicted molar refractivity (Wildman–Crippen MR) is 68.6 cm³/mol. The van der Waals surface area contributed by atoms with Crippen LogP contribution in [-0.4, -0.2) is 24.4 Å². The first-order valence-electron chi connectivity index (χ1n) is 5.38. The molecular formula is C12H9FN2O4S. The number of rotatable bonds is 3. The molecule has 1 amide bonds. The number of carbonyl (C=O) groups excluding carboxylic acids is 1. The van der Waals surface area contributed by atoms with Gasteiger partial charge in [-0.05, 0) is 24.3 Å². The molecule has 0 fully saturated rings. The molecule has 0 aliphatic carbocycles. The number of benzene rings is 1. The van der Waals surface area contributed by atoms with Crippen molar-refractivity contribution in [2.45, 2.75) is 4.90 Å². The first kappa shape index (κ1) is 13.9. The van der Waals surface area contributed by atoms with E-state index in [1.807, 2.05) is 0 Å². The van der Waals surface area contributed by atoms with Gasteiger partial charge in [-0.3, -0.25) is 4.79 Å². The summed E-state index contributed by atoms with van der Waals surface area (Å²) in [5, 5.41) is 11.7. The van der Waals surface area contributed by atoms with Gasteiger partial charge in [-0.2, -0.15) is 8.42 Å². The van der Waals surface area contributed by atoms with Gasteiger partial charge in [-0.1, -0.05) is 12.1 Å². The molecule has 20 heavy (non-hydrogen) atoms. The fraction of sp³-hybridized carbons (Fsp3) is 0. The standard InChI is InChI=1S/C12H9FN2O4S/c13-20(18,19)10-6-2-1-4-8(10)15-12(17)11-9(16)5-3-7-14-11/h1-7,16H,(H,15,17). The van der Waals surface area contributed by atoms with E-state index in [0.29, 0.717) is 0 Å². The summed E-state index contributed by atoms with van der Waals surface area (Å²) >= 11 is 0. The fourth-order valence-corrected chi connectivity index (χ4v) is 2.16. The number of hydrogen-bond acceptors (Lipinski definition) is 5. The fourth-order valence-electron chi connectivity index (χ4n) is 1.54. The first-order chi connectivity index (χ1) is 9.39. The van der Waals surface area contributed by atoms with Crippen LogP contribution in [-0.2, 0) is 10.2 Å². The van der Waals surface area contributed by atoms with Crippen LogP contribution in [0.2, 0.25) is 0 Å². The summed E-state index contributed by atoms with van der Waals surface area (Å²) < 4.78 is 35.0. The molecule has 8 heteroatoms. The topological polar surface area (TPSA) is 96.4 Å².